The van der Waals surface area contributed by atoms with E-state index in [4.69, 9.17) is 14.2 Å². The third-order valence-electron chi connectivity index (χ3n) is 7.41. The summed E-state index contributed by atoms with van der Waals surface area (Å²) in [6, 6.07) is 12.9. The zero-order valence-corrected chi connectivity index (χ0v) is 22.8. The van der Waals surface area contributed by atoms with E-state index in [1.165, 1.54) is 44.7 Å². The molecule has 1 fully saturated rings. The molecule has 2 aromatic carbocycles. The number of anilines is 1. The van der Waals surface area contributed by atoms with Gasteiger partial charge < -0.3 is 24.4 Å². The molecule has 11 heteroatoms. The van der Waals surface area contributed by atoms with Crippen molar-refractivity contribution in [2.24, 2.45) is 0 Å². The lowest BCUT2D eigenvalue weighted by molar-refractivity contribution is -0.122. The number of carbonyl (C=O) groups excluding carboxylic acids is 2. The monoisotopic (exact) mass is 572 g/mol. The molecule has 9 nitrogen and oxygen atoms in total. The SMILES string of the molecule is COc1cc2nccc(Oc3ccc(NC(=O)C4=C5CCCN5CC(c5ccc(F)cc5)C4=O)cc3F)c2nc1OC. The zero-order chi connectivity index (χ0) is 29.4. The van der Waals surface area contributed by atoms with E-state index in [-0.39, 0.29) is 34.4 Å². The fraction of sp³-hybridized carbons (Fsp3) is 0.226. The van der Waals surface area contributed by atoms with Crippen LogP contribution in [0, 0.1) is 11.6 Å². The highest BCUT2D eigenvalue weighted by molar-refractivity contribution is 6.26. The van der Waals surface area contributed by atoms with Crippen LogP contribution in [0.15, 0.2) is 72.1 Å². The number of nitrogens with zero attached hydrogens (tertiary/aromatic N) is 3. The average Bonchev–Trinajstić information content (AvgIpc) is 3.46. The van der Waals surface area contributed by atoms with Crippen LogP contribution in [0.4, 0.5) is 14.5 Å². The highest BCUT2D eigenvalue weighted by Gasteiger charge is 2.40. The Bertz CT molecular complexity index is 1740. The summed E-state index contributed by atoms with van der Waals surface area (Å²) in [4.78, 5) is 37.7. The second-order valence-corrected chi connectivity index (χ2v) is 9.92. The van der Waals surface area contributed by atoms with Gasteiger partial charge in [0.2, 0.25) is 0 Å². The maximum Gasteiger partial charge on any atom is 0.261 e. The largest absolute Gasteiger partial charge is 0.491 e. The van der Waals surface area contributed by atoms with Crippen molar-refractivity contribution in [3.05, 3.63) is 89.3 Å². The van der Waals surface area contributed by atoms with Gasteiger partial charge in [0.25, 0.3) is 11.8 Å². The molecule has 42 heavy (non-hydrogen) atoms. The molecule has 1 amide bonds. The molecule has 0 radical (unpaired) electrons. The van der Waals surface area contributed by atoms with Gasteiger partial charge in [-0.15, -0.1) is 0 Å². The topological polar surface area (TPSA) is 103 Å². The van der Waals surface area contributed by atoms with Gasteiger partial charge in [-0.1, -0.05) is 12.1 Å². The Balaban J connectivity index is 1.24. The van der Waals surface area contributed by atoms with Gasteiger partial charge in [0.1, 0.15) is 16.9 Å². The van der Waals surface area contributed by atoms with Crippen LogP contribution < -0.4 is 19.5 Å². The molecule has 1 unspecified atom stereocenters. The number of methoxy groups -OCH3 is 2. The quantitative estimate of drug-likeness (QED) is 0.295. The second-order valence-electron chi connectivity index (χ2n) is 9.92. The standard InChI is InChI=1S/C31H26F2N4O5/c1-40-26-15-22-28(36-31(26)41-2)25(11-12-34-22)42-24-10-9-19(14-21(24)33)35-30(39)27-23-4-3-13-37(23)16-20(29(27)38)17-5-7-18(32)8-6-17/h5-12,14-15,20H,3-4,13,16H2,1-2H3,(H,35,39). The Kier molecular flexibility index (Phi) is 7.15. The molecular formula is C31H26F2N4O5. The molecule has 1 saturated heterocycles. The molecule has 214 valence electrons. The first-order valence-corrected chi connectivity index (χ1v) is 13.3. The zero-order valence-electron chi connectivity index (χ0n) is 22.8. The molecule has 0 saturated carbocycles. The minimum Gasteiger partial charge on any atom is -0.491 e. The van der Waals surface area contributed by atoms with Gasteiger partial charge in [-0.05, 0) is 42.7 Å². The fourth-order valence-corrected chi connectivity index (χ4v) is 5.39. The van der Waals surface area contributed by atoms with E-state index in [0.29, 0.717) is 41.0 Å². The normalized spacial score (nSPS) is 16.4. The summed E-state index contributed by atoms with van der Waals surface area (Å²) >= 11 is 0. The molecule has 4 heterocycles. The number of fused-ring (bicyclic) bond motifs is 2. The highest BCUT2D eigenvalue weighted by Crippen LogP contribution is 2.38. The lowest BCUT2D eigenvalue weighted by atomic mass is 9.85. The number of rotatable bonds is 7. The highest BCUT2D eigenvalue weighted by atomic mass is 19.1. The van der Waals surface area contributed by atoms with Crippen LogP contribution in [0.1, 0.15) is 24.3 Å². The van der Waals surface area contributed by atoms with E-state index >= 15 is 4.39 Å². The van der Waals surface area contributed by atoms with Gasteiger partial charge in [0.05, 0.1) is 25.7 Å². The number of halogens is 2. The van der Waals surface area contributed by atoms with Crippen molar-refractivity contribution >= 4 is 28.4 Å². The Hall–Kier alpha value is -5.06. The summed E-state index contributed by atoms with van der Waals surface area (Å²) < 4.78 is 45.1. The van der Waals surface area contributed by atoms with Crippen molar-refractivity contribution in [3.63, 3.8) is 0 Å². The smallest absolute Gasteiger partial charge is 0.261 e. The number of amides is 1. The number of carbonyl (C=O) groups is 2. The predicted octanol–water partition coefficient (Wildman–Crippen LogP) is 5.37. The van der Waals surface area contributed by atoms with Crippen molar-refractivity contribution in [1.82, 2.24) is 14.9 Å². The molecule has 2 aliphatic heterocycles. The molecule has 1 N–H and O–H groups in total. The van der Waals surface area contributed by atoms with Gasteiger partial charge in [-0.25, -0.2) is 13.8 Å². The number of hydrogen-bond donors (Lipinski definition) is 1. The van der Waals surface area contributed by atoms with Gasteiger partial charge >= 0.3 is 0 Å². The Labute approximate surface area is 239 Å². The van der Waals surface area contributed by atoms with E-state index in [9.17, 15) is 14.0 Å². The maximum atomic E-state index is 15.2. The summed E-state index contributed by atoms with van der Waals surface area (Å²) in [5.74, 6) is -1.96. The summed E-state index contributed by atoms with van der Waals surface area (Å²) in [5.41, 5.74) is 2.32. The predicted molar refractivity (Wildman–Crippen MR) is 150 cm³/mol. The first-order chi connectivity index (χ1) is 20.4. The van der Waals surface area contributed by atoms with Gasteiger partial charge in [-0.3, -0.25) is 14.6 Å². The Morgan fingerprint density at radius 3 is 2.55 bits per heavy atom. The molecule has 2 aromatic heterocycles. The van der Waals surface area contributed by atoms with Crippen LogP contribution in [-0.2, 0) is 9.59 Å². The van der Waals surface area contributed by atoms with E-state index in [2.05, 4.69) is 15.3 Å². The van der Waals surface area contributed by atoms with Crippen LogP contribution in [0.2, 0.25) is 0 Å². The van der Waals surface area contributed by atoms with Gasteiger partial charge in [0, 0.05) is 48.9 Å². The lowest BCUT2D eigenvalue weighted by Gasteiger charge is -2.33. The minimum atomic E-state index is -0.738. The third kappa shape index (κ3) is 4.98. The molecule has 0 aliphatic carbocycles. The summed E-state index contributed by atoms with van der Waals surface area (Å²) in [5, 5.41) is 2.67. The Morgan fingerprint density at radius 1 is 1.00 bits per heavy atom. The van der Waals surface area contributed by atoms with Crippen LogP contribution >= 0.6 is 0 Å². The van der Waals surface area contributed by atoms with E-state index < -0.39 is 23.5 Å². The number of ether oxygens (including phenoxy) is 3. The summed E-state index contributed by atoms with van der Waals surface area (Å²) in [6.07, 6.45) is 2.91. The molecule has 2 aliphatic rings. The fourth-order valence-electron chi connectivity index (χ4n) is 5.39. The first-order valence-electron chi connectivity index (χ1n) is 13.3. The molecule has 4 aromatic rings. The minimum absolute atomic E-state index is 0.0486. The number of ketones is 1. The number of benzene rings is 2. The molecule has 1 atom stereocenters. The number of nitrogens with one attached hydrogen (secondary N) is 1. The summed E-state index contributed by atoms with van der Waals surface area (Å²) in [6.45, 7) is 1.14. The van der Waals surface area contributed by atoms with Gasteiger partial charge in [0.15, 0.2) is 28.8 Å². The number of Topliss-reactive ketones (excluding diaryl/α,β-unsaturated/α-hetero) is 1. The molecule has 6 rings (SSSR count). The van der Waals surface area contributed by atoms with E-state index in [0.717, 1.165) is 19.0 Å². The van der Waals surface area contributed by atoms with Crippen molar-refractivity contribution in [3.8, 4) is 23.1 Å². The second kappa shape index (κ2) is 11.1. The lowest BCUT2D eigenvalue weighted by Crippen LogP contribution is -2.39. The number of hydrogen-bond acceptors (Lipinski definition) is 8. The van der Waals surface area contributed by atoms with Crippen molar-refractivity contribution in [2.75, 3.05) is 32.6 Å². The average molecular weight is 573 g/mol. The molecular weight excluding hydrogens is 546 g/mol. The third-order valence-corrected chi connectivity index (χ3v) is 7.41. The van der Waals surface area contributed by atoms with Crippen molar-refractivity contribution < 1.29 is 32.6 Å². The molecule has 0 bridgehead atoms. The van der Waals surface area contributed by atoms with E-state index in [1.54, 1.807) is 24.3 Å². The first kappa shape index (κ1) is 27.1. The van der Waals surface area contributed by atoms with E-state index in [1.807, 2.05) is 4.90 Å². The van der Waals surface area contributed by atoms with Crippen molar-refractivity contribution in [2.45, 2.75) is 18.8 Å². The van der Waals surface area contributed by atoms with Crippen LogP contribution in [0.3, 0.4) is 0 Å². The number of pyridine rings is 2. The van der Waals surface area contributed by atoms with Gasteiger partial charge in [-0.2, -0.15) is 0 Å². The number of allylic oxidation sites excluding steroid dienone is 1. The van der Waals surface area contributed by atoms with Crippen LogP contribution in [0.25, 0.3) is 11.0 Å². The van der Waals surface area contributed by atoms with Crippen LogP contribution in [0.5, 0.6) is 23.1 Å². The Morgan fingerprint density at radius 2 is 1.81 bits per heavy atom. The molecule has 0 spiro atoms. The maximum absolute atomic E-state index is 15.2. The van der Waals surface area contributed by atoms with Crippen molar-refractivity contribution in [1.29, 1.82) is 0 Å². The van der Waals surface area contributed by atoms with Crippen LogP contribution in [-0.4, -0.2) is 53.9 Å². The summed E-state index contributed by atoms with van der Waals surface area (Å²) in [7, 11) is 2.93. The number of aromatic nitrogens is 2.